The summed E-state index contributed by atoms with van der Waals surface area (Å²) < 4.78 is 5.58. The second-order valence-electron chi connectivity index (χ2n) is 10.5. The van der Waals surface area contributed by atoms with Gasteiger partial charge < -0.3 is 25.2 Å². The van der Waals surface area contributed by atoms with Crippen LogP contribution in [0.2, 0.25) is 0 Å². The number of aliphatic hydroxyl groups is 2. The van der Waals surface area contributed by atoms with Crippen molar-refractivity contribution in [2.75, 3.05) is 20.2 Å². The lowest BCUT2D eigenvalue weighted by Crippen LogP contribution is -2.61. The Bertz CT molecular complexity index is 872. The molecule has 1 unspecified atom stereocenters. The molecule has 4 N–H and O–H groups in total. The first-order valence-corrected chi connectivity index (χ1v) is 12.9. The van der Waals surface area contributed by atoms with Gasteiger partial charge in [-0.2, -0.15) is 0 Å². The fourth-order valence-electron chi connectivity index (χ4n) is 6.33. The molecule has 35 heavy (non-hydrogen) atoms. The van der Waals surface area contributed by atoms with Crippen LogP contribution in [0.3, 0.4) is 0 Å². The topological polar surface area (TPSA) is 128 Å². The third-order valence-electron chi connectivity index (χ3n) is 8.57. The van der Waals surface area contributed by atoms with Crippen LogP contribution in [-0.2, 0) is 21.4 Å². The molecule has 8 nitrogen and oxygen atoms in total. The zero-order valence-corrected chi connectivity index (χ0v) is 21.2. The van der Waals surface area contributed by atoms with Gasteiger partial charge in [0.2, 0.25) is 0 Å². The maximum absolute atomic E-state index is 9.77. The van der Waals surface area contributed by atoms with E-state index in [4.69, 9.17) is 25.2 Å². The average Bonchev–Trinajstić information content (AvgIpc) is 2.87. The number of aliphatic carboxylic acids is 2. The van der Waals surface area contributed by atoms with Gasteiger partial charge in [0.1, 0.15) is 5.75 Å². The van der Waals surface area contributed by atoms with Crippen molar-refractivity contribution in [3.63, 3.8) is 0 Å². The molecule has 3 aliphatic rings. The van der Waals surface area contributed by atoms with Gasteiger partial charge in [0.25, 0.3) is 0 Å². The molecule has 2 bridgehead atoms. The summed E-state index contributed by atoms with van der Waals surface area (Å²) in [5.74, 6) is -0.760. The van der Waals surface area contributed by atoms with Crippen molar-refractivity contribution in [1.29, 1.82) is 0 Å². The van der Waals surface area contributed by atoms with Crippen LogP contribution in [0.25, 0.3) is 0 Å². The van der Waals surface area contributed by atoms with E-state index < -0.39 is 24.1 Å². The quantitative estimate of drug-likeness (QED) is 0.437. The van der Waals surface area contributed by atoms with Crippen molar-refractivity contribution < 1.29 is 34.8 Å². The Kier molecular flexibility index (Phi) is 9.18. The first-order chi connectivity index (χ1) is 16.6. The molecule has 1 aromatic carbocycles. The molecule has 0 amide bonds. The molecule has 1 aromatic rings. The number of aliphatic hydroxyl groups excluding tert-OH is 2. The summed E-state index contributed by atoms with van der Waals surface area (Å²) in [5, 5.41) is 32.5. The number of carboxylic acid groups (broad SMARTS) is 2. The van der Waals surface area contributed by atoms with Gasteiger partial charge in [-0.05, 0) is 80.3 Å². The lowest BCUT2D eigenvalue weighted by molar-refractivity contribution is -0.165. The van der Waals surface area contributed by atoms with Gasteiger partial charge in [0.15, 0.2) is 12.2 Å². The van der Waals surface area contributed by atoms with Crippen molar-refractivity contribution in [2.45, 2.75) is 88.9 Å². The molecule has 4 rings (SSSR count). The average molecular weight is 492 g/mol. The molecule has 2 aliphatic carbocycles. The number of hydrogen-bond donors (Lipinski definition) is 4. The van der Waals surface area contributed by atoms with Crippen molar-refractivity contribution in [3.05, 3.63) is 29.3 Å². The summed E-state index contributed by atoms with van der Waals surface area (Å²) >= 11 is 0. The molecule has 1 saturated carbocycles. The zero-order chi connectivity index (χ0) is 25.8. The van der Waals surface area contributed by atoms with Gasteiger partial charge in [0.05, 0.1) is 7.11 Å². The van der Waals surface area contributed by atoms with Crippen LogP contribution in [0.5, 0.6) is 5.75 Å². The monoisotopic (exact) mass is 491 g/mol. The molecule has 1 heterocycles. The number of carbonyl (C=O) groups is 2. The molecule has 0 aromatic heterocycles. The SMILES string of the molecule is CCC(C)CCN1CC[C@]23CCCC[C@H]2[C@@H]1Cc1ccc(OC)cc13.O=C(O)[C@H](O)[C@@H](O)C(=O)O. The second kappa shape index (κ2) is 11.7. The summed E-state index contributed by atoms with van der Waals surface area (Å²) in [5.41, 5.74) is 3.70. The van der Waals surface area contributed by atoms with Gasteiger partial charge in [-0.3, -0.25) is 4.90 Å². The third kappa shape index (κ3) is 5.81. The Morgan fingerprint density at radius 1 is 1.14 bits per heavy atom. The Morgan fingerprint density at radius 2 is 1.83 bits per heavy atom. The Balaban J connectivity index is 0.000000292. The standard InChI is InChI=1S/C23H35NO.C4H6O6/c1-4-17(2)10-13-24-14-12-23-11-6-5-7-20(23)22(24)15-18-8-9-19(25-3)16-21(18)23;5-1(3(7)8)2(6)4(9)10/h8-9,16-17,20,22H,4-7,10-15H2,1-3H3;1-2,5-6H,(H,7,8)(H,9,10)/t17?,20-,22-,23+;1-,2-/m01/s1. The van der Waals surface area contributed by atoms with Crippen LogP contribution in [0, 0.1) is 11.8 Å². The number of piperidine rings is 1. The largest absolute Gasteiger partial charge is 0.497 e. The molecule has 8 heteroatoms. The highest BCUT2D eigenvalue weighted by Gasteiger charge is 2.53. The second-order valence-corrected chi connectivity index (χ2v) is 10.5. The highest BCUT2D eigenvalue weighted by molar-refractivity contribution is 5.83. The number of rotatable bonds is 8. The summed E-state index contributed by atoms with van der Waals surface area (Å²) in [6, 6.07) is 7.71. The number of nitrogens with zero attached hydrogens (tertiary/aromatic N) is 1. The van der Waals surface area contributed by atoms with E-state index in [0.29, 0.717) is 5.41 Å². The number of carboxylic acids is 2. The maximum Gasteiger partial charge on any atom is 0.335 e. The van der Waals surface area contributed by atoms with E-state index in [1.807, 2.05) is 0 Å². The number of hydrogen-bond acceptors (Lipinski definition) is 6. The number of methoxy groups -OCH3 is 1. The van der Waals surface area contributed by atoms with Gasteiger partial charge in [-0.15, -0.1) is 0 Å². The maximum atomic E-state index is 9.77. The van der Waals surface area contributed by atoms with Crippen molar-refractivity contribution >= 4 is 11.9 Å². The lowest BCUT2D eigenvalue weighted by atomic mass is 9.52. The third-order valence-corrected chi connectivity index (χ3v) is 8.57. The molecule has 0 radical (unpaired) electrons. The molecule has 1 aliphatic heterocycles. The molecule has 1 saturated heterocycles. The van der Waals surface area contributed by atoms with E-state index in [0.717, 1.165) is 23.6 Å². The fourth-order valence-corrected chi connectivity index (χ4v) is 6.33. The van der Waals surface area contributed by atoms with Gasteiger partial charge in [-0.1, -0.05) is 39.2 Å². The predicted molar refractivity (Wildman–Crippen MR) is 132 cm³/mol. The summed E-state index contributed by atoms with van der Waals surface area (Å²) in [6.07, 6.45) is 6.43. The molecule has 2 fully saturated rings. The van der Waals surface area contributed by atoms with E-state index in [2.05, 4.69) is 36.9 Å². The molecule has 196 valence electrons. The molecule has 0 spiro atoms. The highest BCUT2D eigenvalue weighted by Crippen LogP contribution is 2.56. The van der Waals surface area contributed by atoms with E-state index in [1.165, 1.54) is 64.5 Å². The van der Waals surface area contributed by atoms with Crippen LogP contribution in [0.1, 0.15) is 69.9 Å². The minimum Gasteiger partial charge on any atom is -0.497 e. The summed E-state index contributed by atoms with van der Waals surface area (Å²) in [4.78, 5) is 22.4. The van der Waals surface area contributed by atoms with E-state index in [9.17, 15) is 9.59 Å². The Labute approximate surface area is 207 Å². The number of fused-ring (bicyclic) bond motifs is 1. The van der Waals surface area contributed by atoms with E-state index in [1.54, 1.807) is 18.2 Å². The van der Waals surface area contributed by atoms with Gasteiger partial charge in [-0.25, -0.2) is 9.59 Å². The van der Waals surface area contributed by atoms with E-state index >= 15 is 0 Å². The highest BCUT2D eigenvalue weighted by atomic mass is 16.5. The normalized spacial score (nSPS) is 27.8. The lowest BCUT2D eigenvalue weighted by Gasteiger charge is -2.59. The van der Waals surface area contributed by atoms with E-state index in [-0.39, 0.29) is 0 Å². The number of likely N-dealkylation sites (tertiary alicyclic amines) is 1. The van der Waals surface area contributed by atoms with Crippen molar-refractivity contribution in [1.82, 2.24) is 4.90 Å². The first kappa shape index (κ1) is 27.4. The smallest absolute Gasteiger partial charge is 0.335 e. The Hall–Kier alpha value is -2.16. The first-order valence-electron chi connectivity index (χ1n) is 12.9. The molecular formula is C27H41NO7. The van der Waals surface area contributed by atoms with Gasteiger partial charge in [0, 0.05) is 11.5 Å². The minimum absolute atomic E-state index is 0.442. The van der Waals surface area contributed by atoms with Crippen LogP contribution in [0.15, 0.2) is 18.2 Å². The van der Waals surface area contributed by atoms with Crippen LogP contribution in [-0.4, -0.2) is 75.7 Å². The van der Waals surface area contributed by atoms with Gasteiger partial charge >= 0.3 is 11.9 Å². The van der Waals surface area contributed by atoms with Crippen LogP contribution < -0.4 is 4.74 Å². The summed E-state index contributed by atoms with van der Waals surface area (Å²) in [6.45, 7) is 7.35. The Morgan fingerprint density at radius 3 is 2.43 bits per heavy atom. The minimum atomic E-state index is -2.27. The molecule has 6 atom stereocenters. The van der Waals surface area contributed by atoms with Crippen LogP contribution in [0.4, 0.5) is 0 Å². The fraction of sp³-hybridized carbons (Fsp3) is 0.704. The zero-order valence-electron chi connectivity index (χ0n) is 21.2. The molecular weight excluding hydrogens is 450 g/mol. The number of benzene rings is 1. The van der Waals surface area contributed by atoms with Crippen molar-refractivity contribution in [3.8, 4) is 5.75 Å². The van der Waals surface area contributed by atoms with Crippen LogP contribution >= 0.6 is 0 Å². The number of ether oxygens (including phenoxy) is 1. The summed E-state index contributed by atoms with van der Waals surface area (Å²) in [7, 11) is 1.81. The predicted octanol–water partition coefficient (Wildman–Crippen LogP) is 3.07. The van der Waals surface area contributed by atoms with Crippen molar-refractivity contribution in [2.24, 2.45) is 11.8 Å².